The quantitative estimate of drug-likeness (QED) is 0.709. The van der Waals surface area contributed by atoms with Crippen molar-refractivity contribution in [3.05, 3.63) is 23.0 Å². The first-order chi connectivity index (χ1) is 15.0. The Balaban J connectivity index is 1.34. The van der Waals surface area contributed by atoms with Crippen molar-refractivity contribution in [2.45, 2.75) is 76.3 Å². The zero-order valence-corrected chi connectivity index (χ0v) is 17.3. The fourth-order valence-corrected chi connectivity index (χ4v) is 5.08. The van der Waals surface area contributed by atoms with E-state index >= 15 is 0 Å². The second-order valence-corrected chi connectivity index (χ2v) is 8.68. The monoisotopic (exact) mass is 427 g/mol. The highest BCUT2D eigenvalue weighted by Crippen LogP contribution is 2.35. The third kappa shape index (κ3) is 3.53. The van der Waals surface area contributed by atoms with E-state index in [9.17, 15) is 19.2 Å². The summed E-state index contributed by atoms with van der Waals surface area (Å²) in [5, 5.41) is 6.38. The maximum Gasteiger partial charge on any atom is 0.278 e. The first-order valence-corrected chi connectivity index (χ1v) is 11.0. The van der Waals surface area contributed by atoms with Crippen LogP contribution in [-0.4, -0.2) is 56.2 Å². The van der Waals surface area contributed by atoms with Crippen molar-refractivity contribution in [1.82, 2.24) is 25.3 Å². The lowest BCUT2D eigenvalue weighted by molar-refractivity contribution is -0.150. The van der Waals surface area contributed by atoms with Gasteiger partial charge in [-0.25, -0.2) is 0 Å². The predicted molar refractivity (Wildman–Crippen MR) is 105 cm³/mol. The number of imide groups is 2. The normalized spacial score (nSPS) is 25.4. The van der Waals surface area contributed by atoms with Gasteiger partial charge in [0.25, 0.3) is 11.8 Å². The number of nitrogens with one attached hydrogen (secondary N) is 1. The van der Waals surface area contributed by atoms with Crippen LogP contribution in [0.3, 0.4) is 0 Å². The van der Waals surface area contributed by atoms with E-state index in [0.717, 1.165) is 23.6 Å². The Kier molecular flexibility index (Phi) is 5.07. The molecular formula is C21H25N5O5. The number of amides is 4. The third-order valence-electron chi connectivity index (χ3n) is 6.66. The second kappa shape index (κ2) is 7.90. The summed E-state index contributed by atoms with van der Waals surface area (Å²) in [6, 6.07) is -0.952. The molecular weight excluding hydrogens is 402 g/mol. The molecule has 0 radical (unpaired) electrons. The number of nitrogens with zero attached hydrogens (tertiary/aromatic N) is 4. The number of aromatic nitrogens is 2. The van der Waals surface area contributed by atoms with Crippen LogP contribution >= 0.6 is 0 Å². The number of hydrogen-bond donors (Lipinski definition) is 1. The molecule has 0 aromatic carbocycles. The van der Waals surface area contributed by atoms with E-state index in [1.165, 1.54) is 19.3 Å². The second-order valence-electron chi connectivity index (χ2n) is 8.68. The van der Waals surface area contributed by atoms with Gasteiger partial charge in [0.1, 0.15) is 11.7 Å². The van der Waals surface area contributed by atoms with Crippen molar-refractivity contribution in [3.8, 4) is 0 Å². The van der Waals surface area contributed by atoms with Gasteiger partial charge in [-0.3, -0.25) is 29.4 Å². The van der Waals surface area contributed by atoms with Crippen LogP contribution in [-0.2, 0) is 25.7 Å². The van der Waals surface area contributed by atoms with Crippen LogP contribution in [0.15, 0.2) is 15.8 Å². The van der Waals surface area contributed by atoms with Gasteiger partial charge in [-0.1, -0.05) is 24.4 Å². The molecule has 4 aliphatic rings. The van der Waals surface area contributed by atoms with Crippen molar-refractivity contribution >= 4 is 23.6 Å². The Hall–Kier alpha value is -3.04. The Bertz CT molecular complexity index is 977. The lowest BCUT2D eigenvalue weighted by atomic mass is 9.89. The number of carbonyl (C=O) groups is 4. The molecule has 3 aliphatic heterocycles. The van der Waals surface area contributed by atoms with Crippen molar-refractivity contribution in [1.29, 1.82) is 0 Å². The van der Waals surface area contributed by atoms with Crippen LogP contribution in [0.2, 0.25) is 0 Å². The molecule has 2 fully saturated rings. The van der Waals surface area contributed by atoms with Gasteiger partial charge < -0.3 is 9.42 Å². The van der Waals surface area contributed by atoms with Gasteiger partial charge in [0.15, 0.2) is 5.82 Å². The molecule has 10 heteroatoms. The van der Waals surface area contributed by atoms with Crippen LogP contribution in [0.4, 0.5) is 0 Å². The maximum atomic E-state index is 13.2. The topological polar surface area (TPSA) is 126 Å². The summed E-state index contributed by atoms with van der Waals surface area (Å²) in [5.74, 6) is -0.439. The molecule has 1 aromatic heterocycles. The number of carbonyl (C=O) groups excluding carboxylic acids is 4. The lowest BCUT2D eigenvalue weighted by Gasteiger charge is -2.29. The molecule has 0 bridgehead atoms. The minimum Gasteiger partial charge on any atom is -0.357 e. The highest BCUT2D eigenvalue weighted by Gasteiger charge is 2.48. The standard InChI is InChI=1S/C21H25N5O5/c27-15-9-8-14(19(28)22-15)26-20(29)13-7-4-10-25(17(13)21(26)30)11-16-23-18(24-31-16)12-5-2-1-3-6-12/h12,14H,1-11H2,(H,22,27,28). The average Bonchev–Trinajstić information content (AvgIpc) is 3.33. The molecule has 1 unspecified atom stereocenters. The van der Waals surface area contributed by atoms with Crippen LogP contribution in [0.1, 0.15) is 75.4 Å². The Labute approximate surface area is 179 Å². The summed E-state index contributed by atoms with van der Waals surface area (Å²) < 4.78 is 5.47. The van der Waals surface area contributed by atoms with Crippen molar-refractivity contribution in [3.63, 3.8) is 0 Å². The van der Waals surface area contributed by atoms with E-state index in [1.54, 1.807) is 0 Å². The van der Waals surface area contributed by atoms with Gasteiger partial charge in [0.05, 0.1) is 6.54 Å². The first-order valence-electron chi connectivity index (χ1n) is 11.0. The molecule has 5 rings (SSSR count). The lowest BCUT2D eigenvalue weighted by Crippen LogP contribution is -2.55. The van der Waals surface area contributed by atoms with Crippen LogP contribution < -0.4 is 5.32 Å². The van der Waals surface area contributed by atoms with Gasteiger partial charge in [-0.15, -0.1) is 0 Å². The zero-order valence-electron chi connectivity index (χ0n) is 17.3. The van der Waals surface area contributed by atoms with Crippen LogP contribution in [0, 0.1) is 0 Å². The Morgan fingerprint density at radius 3 is 2.55 bits per heavy atom. The molecule has 1 N–H and O–H groups in total. The summed E-state index contributed by atoms with van der Waals surface area (Å²) in [6.45, 7) is 0.836. The summed E-state index contributed by atoms with van der Waals surface area (Å²) in [5.41, 5.74) is 0.742. The van der Waals surface area contributed by atoms with Crippen molar-refractivity contribution in [2.24, 2.45) is 0 Å². The van der Waals surface area contributed by atoms with Crippen molar-refractivity contribution in [2.75, 3.05) is 6.54 Å². The number of rotatable bonds is 4. The molecule has 1 saturated heterocycles. The minimum atomic E-state index is -0.952. The van der Waals surface area contributed by atoms with Crippen LogP contribution in [0.25, 0.3) is 0 Å². The average molecular weight is 427 g/mol. The fraction of sp³-hybridized carbons (Fsp3) is 0.619. The molecule has 1 atom stereocenters. The summed E-state index contributed by atoms with van der Waals surface area (Å²) in [7, 11) is 0. The van der Waals surface area contributed by atoms with E-state index in [4.69, 9.17) is 4.52 Å². The van der Waals surface area contributed by atoms with Gasteiger partial charge in [-0.05, 0) is 32.1 Å². The summed E-state index contributed by atoms with van der Waals surface area (Å²) >= 11 is 0. The SMILES string of the molecule is O=C1CCC(N2C(=O)C3=C(C2=O)N(Cc2nc(C4CCCCC4)no2)CCC3)C(=O)N1. The van der Waals surface area contributed by atoms with E-state index in [0.29, 0.717) is 42.5 Å². The molecule has 164 valence electrons. The molecule has 1 saturated carbocycles. The maximum absolute atomic E-state index is 13.2. The zero-order chi connectivity index (χ0) is 21.5. The smallest absolute Gasteiger partial charge is 0.278 e. The molecule has 10 nitrogen and oxygen atoms in total. The molecule has 1 aromatic rings. The fourth-order valence-electron chi connectivity index (χ4n) is 5.08. The van der Waals surface area contributed by atoms with Gasteiger partial charge in [0.2, 0.25) is 17.7 Å². The number of piperidine rings is 1. The highest BCUT2D eigenvalue weighted by molar-refractivity contribution is 6.21. The molecule has 0 spiro atoms. The van der Waals surface area contributed by atoms with E-state index < -0.39 is 23.8 Å². The molecule has 4 amide bonds. The van der Waals surface area contributed by atoms with E-state index in [-0.39, 0.29) is 25.3 Å². The predicted octanol–water partition coefficient (Wildman–Crippen LogP) is 1.14. The largest absolute Gasteiger partial charge is 0.357 e. The highest BCUT2D eigenvalue weighted by atomic mass is 16.5. The minimum absolute atomic E-state index is 0.105. The van der Waals surface area contributed by atoms with E-state index in [1.807, 2.05) is 4.90 Å². The summed E-state index contributed by atoms with van der Waals surface area (Å²) in [6.07, 6.45) is 7.16. The Morgan fingerprint density at radius 2 is 1.77 bits per heavy atom. The molecule has 1 aliphatic carbocycles. The third-order valence-corrected chi connectivity index (χ3v) is 6.66. The van der Waals surface area contributed by atoms with Gasteiger partial charge in [0, 0.05) is 24.5 Å². The van der Waals surface area contributed by atoms with Crippen LogP contribution in [0.5, 0.6) is 0 Å². The van der Waals surface area contributed by atoms with Gasteiger partial charge in [-0.2, -0.15) is 4.98 Å². The van der Waals surface area contributed by atoms with Crippen molar-refractivity contribution < 1.29 is 23.7 Å². The molecule has 4 heterocycles. The number of hydrogen-bond acceptors (Lipinski definition) is 8. The first kappa shape index (κ1) is 19.9. The van der Waals surface area contributed by atoms with Gasteiger partial charge >= 0.3 is 0 Å². The molecule has 31 heavy (non-hydrogen) atoms. The summed E-state index contributed by atoms with van der Waals surface area (Å²) in [4.78, 5) is 57.3. The van der Waals surface area contributed by atoms with E-state index in [2.05, 4.69) is 15.5 Å². The Morgan fingerprint density at radius 1 is 0.968 bits per heavy atom.